The van der Waals surface area contributed by atoms with Crippen LogP contribution in [0.5, 0.6) is 5.88 Å². The van der Waals surface area contributed by atoms with Gasteiger partial charge in [0.05, 0.1) is 7.11 Å². The fourth-order valence-electron chi connectivity index (χ4n) is 1.47. The van der Waals surface area contributed by atoms with Crippen LogP contribution in [0.25, 0.3) is 5.65 Å². The fourth-order valence-corrected chi connectivity index (χ4v) is 1.47. The van der Waals surface area contributed by atoms with E-state index in [1.807, 2.05) is 28.8 Å². The van der Waals surface area contributed by atoms with E-state index in [4.69, 9.17) is 4.74 Å². The molecule has 68 valence electrons. The Balaban J connectivity index is 2.73. The van der Waals surface area contributed by atoms with Crippen molar-refractivity contribution in [2.45, 2.75) is 13.3 Å². The van der Waals surface area contributed by atoms with Crippen LogP contribution in [-0.4, -0.2) is 16.5 Å². The molecule has 0 saturated heterocycles. The van der Waals surface area contributed by atoms with Gasteiger partial charge in [-0.15, -0.1) is 0 Å². The summed E-state index contributed by atoms with van der Waals surface area (Å²) < 4.78 is 7.25. The van der Waals surface area contributed by atoms with Crippen molar-refractivity contribution in [2.75, 3.05) is 7.11 Å². The number of nitrogens with zero attached hydrogens (tertiary/aromatic N) is 2. The van der Waals surface area contributed by atoms with Crippen LogP contribution < -0.4 is 4.74 Å². The van der Waals surface area contributed by atoms with Gasteiger partial charge < -0.3 is 4.74 Å². The third-order valence-corrected chi connectivity index (χ3v) is 2.08. The molecule has 2 aromatic rings. The molecule has 2 rings (SSSR count). The van der Waals surface area contributed by atoms with Gasteiger partial charge in [0.25, 0.3) is 0 Å². The van der Waals surface area contributed by atoms with Crippen molar-refractivity contribution in [1.82, 2.24) is 9.38 Å². The van der Waals surface area contributed by atoms with Crippen molar-refractivity contribution in [3.8, 4) is 5.88 Å². The first-order chi connectivity index (χ1) is 6.36. The van der Waals surface area contributed by atoms with Gasteiger partial charge in [0, 0.05) is 6.20 Å². The molecule has 0 spiro atoms. The van der Waals surface area contributed by atoms with Crippen molar-refractivity contribution in [3.63, 3.8) is 0 Å². The van der Waals surface area contributed by atoms with Crippen molar-refractivity contribution in [2.24, 2.45) is 0 Å². The highest BCUT2D eigenvalue weighted by atomic mass is 16.5. The Kier molecular flexibility index (Phi) is 1.93. The lowest BCUT2D eigenvalue weighted by molar-refractivity contribution is 0.389. The zero-order valence-electron chi connectivity index (χ0n) is 7.82. The Bertz CT molecular complexity index is 420. The summed E-state index contributed by atoms with van der Waals surface area (Å²) in [6, 6.07) is 5.92. The first-order valence-corrected chi connectivity index (χ1v) is 4.36. The maximum Gasteiger partial charge on any atom is 0.221 e. The molecule has 0 bridgehead atoms. The minimum absolute atomic E-state index is 0.845. The number of imidazole rings is 1. The minimum atomic E-state index is 0.845. The summed E-state index contributed by atoms with van der Waals surface area (Å²) >= 11 is 0. The molecular formula is C10H12N2O. The molecule has 0 amide bonds. The number of hydrogen-bond acceptors (Lipinski definition) is 2. The molecule has 0 radical (unpaired) electrons. The average Bonchev–Trinajstić information content (AvgIpc) is 2.55. The van der Waals surface area contributed by atoms with Crippen LogP contribution in [-0.2, 0) is 6.42 Å². The molecule has 3 heteroatoms. The molecule has 0 fully saturated rings. The summed E-state index contributed by atoms with van der Waals surface area (Å²) in [7, 11) is 1.68. The highest BCUT2D eigenvalue weighted by Crippen LogP contribution is 2.20. The molecule has 13 heavy (non-hydrogen) atoms. The summed E-state index contributed by atoms with van der Waals surface area (Å²) in [6.07, 6.45) is 2.85. The summed E-state index contributed by atoms with van der Waals surface area (Å²) in [5.41, 5.74) is 1.95. The van der Waals surface area contributed by atoms with E-state index >= 15 is 0 Å². The van der Waals surface area contributed by atoms with E-state index in [1.165, 1.54) is 0 Å². The van der Waals surface area contributed by atoms with E-state index in [1.54, 1.807) is 7.11 Å². The predicted molar refractivity (Wildman–Crippen MR) is 51.1 cm³/mol. The molecule has 0 aliphatic rings. The Morgan fingerprint density at radius 2 is 2.31 bits per heavy atom. The number of pyridine rings is 1. The molecule has 0 saturated carbocycles. The lowest BCUT2D eigenvalue weighted by Gasteiger charge is -1.99. The molecule has 0 atom stereocenters. The second kappa shape index (κ2) is 3.09. The monoisotopic (exact) mass is 176 g/mol. The van der Waals surface area contributed by atoms with Gasteiger partial charge >= 0.3 is 0 Å². The SMILES string of the molecule is CCc1nc2ccccn2c1OC. The first kappa shape index (κ1) is 8.10. The second-order valence-corrected chi connectivity index (χ2v) is 2.85. The zero-order valence-corrected chi connectivity index (χ0v) is 7.82. The minimum Gasteiger partial charge on any atom is -0.481 e. The molecule has 0 aromatic carbocycles. The Morgan fingerprint density at radius 1 is 1.46 bits per heavy atom. The second-order valence-electron chi connectivity index (χ2n) is 2.85. The normalized spacial score (nSPS) is 10.6. The highest BCUT2D eigenvalue weighted by molar-refractivity contribution is 5.45. The summed E-state index contributed by atoms with van der Waals surface area (Å²) in [4.78, 5) is 4.44. The molecule has 2 heterocycles. The number of methoxy groups -OCH3 is 1. The zero-order chi connectivity index (χ0) is 9.26. The van der Waals surface area contributed by atoms with Crippen LogP contribution >= 0.6 is 0 Å². The Labute approximate surface area is 77.0 Å². The lowest BCUT2D eigenvalue weighted by atomic mass is 10.4. The smallest absolute Gasteiger partial charge is 0.221 e. The largest absolute Gasteiger partial charge is 0.481 e. The number of fused-ring (bicyclic) bond motifs is 1. The molecule has 0 N–H and O–H groups in total. The third kappa shape index (κ3) is 1.16. The first-order valence-electron chi connectivity index (χ1n) is 4.36. The topological polar surface area (TPSA) is 26.5 Å². The third-order valence-electron chi connectivity index (χ3n) is 2.08. The van der Waals surface area contributed by atoms with Crippen LogP contribution in [0.3, 0.4) is 0 Å². The number of ether oxygens (including phenoxy) is 1. The lowest BCUT2D eigenvalue weighted by Crippen LogP contribution is -1.91. The maximum absolute atomic E-state index is 5.29. The number of aryl methyl sites for hydroxylation is 1. The molecule has 0 aliphatic carbocycles. The van der Waals surface area contributed by atoms with Crippen LogP contribution in [0.4, 0.5) is 0 Å². The predicted octanol–water partition coefficient (Wildman–Crippen LogP) is 1.91. The summed E-state index contributed by atoms with van der Waals surface area (Å²) in [5, 5.41) is 0. The standard InChI is InChI=1S/C10H12N2O/c1-3-8-10(13-2)12-7-5-4-6-9(12)11-8/h4-7H,3H2,1-2H3. The van der Waals surface area contributed by atoms with Crippen LogP contribution in [0.2, 0.25) is 0 Å². The van der Waals surface area contributed by atoms with E-state index < -0.39 is 0 Å². The fraction of sp³-hybridized carbons (Fsp3) is 0.300. The Morgan fingerprint density at radius 3 is 3.00 bits per heavy atom. The van der Waals surface area contributed by atoms with Crippen LogP contribution in [0.1, 0.15) is 12.6 Å². The molecule has 0 unspecified atom stereocenters. The van der Waals surface area contributed by atoms with Gasteiger partial charge in [-0.2, -0.15) is 0 Å². The van der Waals surface area contributed by atoms with Gasteiger partial charge in [0.1, 0.15) is 11.3 Å². The van der Waals surface area contributed by atoms with Gasteiger partial charge in [-0.05, 0) is 18.6 Å². The van der Waals surface area contributed by atoms with Gasteiger partial charge in [0.15, 0.2) is 0 Å². The van der Waals surface area contributed by atoms with Gasteiger partial charge in [-0.1, -0.05) is 13.0 Å². The number of hydrogen-bond donors (Lipinski definition) is 0. The van der Waals surface area contributed by atoms with E-state index in [-0.39, 0.29) is 0 Å². The van der Waals surface area contributed by atoms with Crippen molar-refractivity contribution >= 4 is 5.65 Å². The molecular weight excluding hydrogens is 164 g/mol. The average molecular weight is 176 g/mol. The summed E-state index contributed by atoms with van der Waals surface area (Å²) in [6.45, 7) is 2.07. The van der Waals surface area contributed by atoms with Gasteiger partial charge in [0.2, 0.25) is 5.88 Å². The van der Waals surface area contributed by atoms with Crippen LogP contribution in [0.15, 0.2) is 24.4 Å². The van der Waals surface area contributed by atoms with E-state index in [2.05, 4.69) is 11.9 Å². The van der Waals surface area contributed by atoms with Gasteiger partial charge in [-0.25, -0.2) is 4.98 Å². The number of aromatic nitrogens is 2. The van der Waals surface area contributed by atoms with Crippen LogP contribution in [0, 0.1) is 0 Å². The van der Waals surface area contributed by atoms with Crippen molar-refractivity contribution in [3.05, 3.63) is 30.1 Å². The molecule has 3 nitrogen and oxygen atoms in total. The van der Waals surface area contributed by atoms with E-state index in [0.29, 0.717) is 0 Å². The number of rotatable bonds is 2. The van der Waals surface area contributed by atoms with E-state index in [9.17, 15) is 0 Å². The quantitative estimate of drug-likeness (QED) is 0.698. The van der Waals surface area contributed by atoms with Crippen molar-refractivity contribution in [1.29, 1.82) is 0 Å². The summed E-state index contributed by atoms with van der Waals surface area (Å²) in [5.74, 6) is 0.845. The Hall–Kier alpha value is -1.51. The maximum atomic E-state index is 5.29. The van der Waals surface area contributed by atoms with Crippen molar-refractivity contribution < 1.29 is 4.74 Å². The van der Waals surface area contributed by atoms with E-state index in [0.717, 1.165) is 23.6 Å². The highest BCUT2D eigenvalue weighted by Gasteiger charge is 2.09. The molecule has 2 aromatic heterocycles. The molecule has 0 aliphatic heterocycles. The van der Waals surface area contributed by atoms with Gasteiger partial charge in [-0.3, -0.25) is 4.40 Å².